The van der Waals surface area contributed by atoms with Gasteiger partial charge in [-0.05, 0) is 13.5 Å². The van der Waals surface area contributed by atoms with E-state index in [9.17, 15) is 24.0 Å². The van der Waals surface area contributed by atoms with Crippen LogP contribution < -0.4 is 0 Å². The number of nitrogens with zero attached hydrogens (tertiary/aromatic N) is 4. The van der Waals surface area contributed by atoms with Crippen molar-refractivity contribution < 1.29 is 28.8 Å². The SMILES string of the molecule is CC.CN1CCN(C2CC(=O)N(CCCC(=O)ON(C)C(=O)CCC=O)C2=O)CC1. The molecule has 3 amide bonds. The van der Waals surface area contributed by atoms with Crippen molar-refractivity contribution in [2.45, 2.75) is 52.0 Å². The molecule has 170 valence electrons. The van der Waals surface area contributed by atoms with Crippen LogP contribution in [0.15, 0.2) is 0 Å². The third kappa shape index (κ3) is 7.49. The van der Waals surface area contributed by atoms with Crippen molar-refractivity contribution >= 4 is 30.0 Å². The molecule has 1 atom stereocenters. The van der Waals surface area contributed by atoms with E-state index in [1.54, 1.807) is 0 Å². The molecule has 2 rings (SSSR count). The third-order valence-corrected chi connectivity index (χ3v) is 5.03. The fourth-order valence-corrected chi connectivity index (χ4v) is 3.29. The summed E-state index contributed by atoms with van der Waals surface area (Å²) in [6.45, 7) is 7.39. The number of likely N-dealkylation sites (N-methyl/N-ethyl adjacent to an activating group) is 1. The van der Waals surface area contributed by atoms with Crippen LogP contribution in [-0.4, -0.2) is 103 Å². The number of aldehydes is 1. The second-order valence-corrected chi connectivity index (χ2v) is 7.11. The third-order valence-electron chi connectivity index (χ3n) is 5.03. The molecule has 0 aromatic heterocycles. The minimum absolute atomic E-state index is 0.0263. The van der Waals surface area contributed by atoms with Gasteiger partial charge in [-0.15, -0.1) is 0 Å². The van der Waals surface area contributed by atoms with Gasteiger partial charge in [-0.3, -0.25) is 24.2 Å². The summed E-state index contributed by atoms with van der Waals surface area (Å²) in [6.07, 6.45) is 1.07. The summed E-state index contributed by atoms with van der Waals surface area (Å²) < 4.78 is 0. The fourth-order valence-electron chi connectivity index (χ4n) is 3.29. The Kier molecular flexibility index (Phi) is 11.2. The highest BCUT2D eigenvalue weighted by Gasteiger charge is 2.42. The summed E-state index contributed by atoms with van der Waals surface area (Å²) in [7, 11) is 3.33. The molecule has 0 bridgehead atoms. The van der Waals surface area contributed by atoms with Crippen LogP contribution in [0.5, 0.6) is 0 Å². The van der Waals surface area contributed by atoms with E-state index >= 15 is 0 Å². The summed E-state index contributed by atoms with van der Waals surface area (Å²) in [5.74, 6) is -1.52. The Morgan fingerprint density at radius 1 is 1.13 bits per heavy atom. The maximum atomic E-state index is 12.6. The molecular weight excluding hydrogens is 392 g/mol. The summed E-state index contributed by atoms with van der Waals surface area (Å²) in [6, 6.07) is -0.408. The highest BCUT2D eigenvalue weighted by molar-refractivity contribution is 6.05. The Hall–Kier alpha value is -2.33. The van der Waals surface area contributed by atoms with Crippen LogP contribution in [0.1, 0.15) is 46.0 Å². The fraction of sp³-hybridized carbons (Fsp3) is 0.750. The second-order valence-electron chi connectivity index (χ2n) is 7.11. The van der Waals surface area contributed by atoms with Gasteiger partial charge in [-0.1, -0.05) is 13.8 Å². The van der Waals surface area contributed by atoms with Gasteiger partial charge in [0.2, 0.25) is 11.8 Å². The van der Waals surface area contributed by atoms with Crippen molar-refractivity contribution in [2.24, 2.45) is 0 Å². The number of hydrogen-bond acceptors (Lipinski definition) is 8. The highest BCUT2D eigenvalue weighted by Crippen LogP contribution is 2.20. The minimum atomic E-state index is -0.628. The molecule has 0 aliphatic carbocycles. The number of amides is 3. The lowest BCUT2D eigenvalue weighted by atomic mass is 10.2. The van der Waals surface area contributed by atoms with Crippen LogP contribution in [0.4, 0.5) is 0 Å². The lowest BCUT2D eigenvalue weighted by molar-refractivity contribution is -0.192. The first kappa shape index (κ1) is 25.7. The van der Waals surface area contributed by atoms with Crippen molar-refractivity contribution in [3.8, 4) is 0 Å². The van der Waals surface area contributed by atoms with Gasteiger partial charge >= 0.3 is 5.97 Å². The molecule has 0 aromatic rings. The van der Waals surface area contributed by atoms with Crippen molar-refractivity contribution in [3.05, 3.63) is 0 Å². The van der Waals surface area contributed by atoms with Gasteiger partial charge in [-0.25, -0.2) is 4.79 Å². The number of hydrogen-bond donors (Lipinski definition) is 0. The predicted molar refractivity (Wildman–Crippen MR) is 109 cm³/mol. The Balaban J connectivity index is 0.00000218. The van der Waals surface area contributed by atoms with Crippen LogP contribution in [0, 0.1) is 0 Å². The number of carbonyl (C=O) groups excluding carboxylic acids is 5. The zero-order valence-corrected chi connectivity index (χ0v) is 18.5. The van der Waals surface area contributed by atoms with Crippen molar-refractivity contribution in [2.75, 3.05) is 46.8 Å². The maximum absolute atomic E-state index is 12.6. The minimum Gasteiger partial charge on any atom is -0.338 e. The van der Waals surface area contributed by atoms with E-state index in [0.717, 1.165) is 31.2 Å². The average Bonchev–Trinajstić information content (AvgIpc) is 3.02. The van der Waals surface area contributed by atoms with Crippen molar-refractivity contribution in [1.82, 2.24) is 19.8 Å². The molecule has 0 radical (unpaired) electrons. The largest absolute Gasteiger partial charge is 0.338 e. The summed E-state index contributed by atoms with van der Waals surface area (Å²) in [5.41, 5.74) is 0. The van der Waals surface area contributed by atoms with Crippen LogP contribution in [0.25, 0.3) is 0 Å². The molecule has 2 fully saturated rings. The van der Waals surface area contributed by atoms with E-state index in [2.05, 4.69) is 4.90 Å². The van der Waals surface area contributed by atoms with E-state index < -0.39 is 17.9 Å². The summed E-state index contributed by atoms with van der Waals surface area (Å²) >= 11 is 0. The topological polar surface area (TPSA) is 108 Å². The standard InChI is InChI=1S/C18H28N4O6.C2H6/c1-19-8-10-21(11-9-19)14-13-16(25)22(18(14)27)7-3-6-17(26)28-20(2)15(24)5-4-12-23;1-2/h12,14H,3-11,13H2,1-2H3;1-2H3. The molecule has 2 heterocycles. The molecule has 0 N–H and O–H groups in total. The molecule has 0 spiro atoms. The zero-order valence-electron chi connectivity index (χ0n) is 18.5. The molecule has 2 aliphatic heterocycles. The quantitative estimate of drug-likeness (QED) is 0.305. The number of imide groups is 1. The van der Waals surface area contributed by atoms with Gasteiger partial charge < -0.3 is 14.5 Å². The van der Waals surface area contributed by atoms with Crippen LogP contribution in [0.3, 0.4) is 0 Å². The average molecular weight is 427 g/mol. The number of likely N-dealkylation sites (tertiary alicyclic amines) is 1. The molecule has 1 unspecified atom stereocenters. The monoisotopic (exact) mass is 426 g/mol. The summed E-state index contributed by atoms with van der Waals surface area (Å²) in [4.78, 5) is 68.8. The number of hydroxylamine groups is 2. The van der Waals surface area contributed by atoms with Gasteiger partial charge in [0.05, 0.1) is 12.5 Å². The van der Waals surface area contributed by atoms with Crippen molar-refractivity contribution in [3.63, 3.8) is 0 Å². The van der Waals surface area contributed by atoms with Crippen molar-refractivity contribution in [1.29, 1.82) is 0 Å². The lowest BCUT2D eigenvalue weighted by Gasteiger charge is -2.35. The molecular formula is C20H34N4O6. The van der Waals surface area contributed by atoms with E-state index in [0.29, 0.717) is 6.29 Å². The molecule has 2 aliphatic rings. The van der Waals surface area contributed by atoms with Crippen LogP contribution in [0.2, 0.25) is 0 Å². The maximum Gasteiger partial charge on any atom is 0.332 e. The summed E-state index contributed by atoms with van der Waals surface area (Å²) in [5, 5.41) is 0.807. The molecule has 2 saturated heterocycles. The predicted octanol–water partition coefficient (Wildman–Crippen LogP) is 0.0634. The molecule has 0 saturated carbocycles. The Morgan fingerprint density at radius 2 is 1.77 bits per heavy atom. The molecule has 0 aromatic carbocycles. The smallest absolute Gasteiger partial charge is 0.332 e. The number of rotatable bonds is 8. The van der Waals surface area contributed by atoms with Gasteiger partial charge in [-0.2, -0.15) is 5.06 Å². The van der Waals surface area contributed by atoms with E-state index in [4.69, 9.17) is 4.84 Å². The number of piperazine rings is 1. The Morgan fingerprint density at radius 3 is 2.37 bits per heavy atom. The first-order valence-electron chi connectivity index (χ1n) is 10.5. The van der Waals surface area contributed by atoms with Gasteiger partial charge in [0.15, 0.2) is 0 Å². The Labute approximate surface area is 178 Å². The first-order chi connectivity index (χ1) is 14.3. The first-order valence-corrected chi connectivity index (χ1v) is 10.5. The van der Waals surface area contributed by atoms with E-state index in [-0.39, 0.29) is 50.5 Å². The highest BCUT2D eigenvalue weighted by atomic mass is 16.7. The van der Waals surface area contributed by atoms with Gasteiger partial charge in [0.1, 0.15) is 6.29 Å². The van der Waals surface area contributed by atoms with E-state index in [1.165, 1.54) is 11.9 Å². The normalized spacial score (nSPS) is 19.9. The van der Waals surface area contributed by atoms with Gasteiger partial charge in [0, 0.05) is 59.0 Å². The second kappa shape index (κ2) is 13.1. The molecule has 10 nitrogen and oxygen atoms in total. The number of carbonyl (C=O) groups is 5. The van der Waals surface area contributed by atoms with Crippen LogP contribution >= 0.6 is 0 Å². The van der Waals surface area contributed by atoms with Crippen LogP contribution in [-0.2, 0) is 28.8 Å². The Bertz CT molecular complexity index is 618. The van der Waals surface area contributed by atoms with E-state index in [1.807, 2.05) is 25.8 Å². The van der Waals surface area contributed by atoms with Gasteiger partial charge in [0.25, 0.3) is 5.91 Å². The lowest BCUT2D eigenvalue weighted by Crippen LogP contribution is -2.51. The molecule has 30 heavy (non-hydrogen) atoms. The zero-order chi connectivity index (χ0) is 22.7. The molecule has 10 heteroatoms.